The third kappa shape index (κ3) is 4.20. The number of rotatable bonds is 7. The molecule has 1 N–H and O–H groups in total. The van der Waals surface area contributed by atoms with Gasteiger partial charge in [-0.1, -0.05) is 26.3 Å². The van der Waals surface area contributed by atoms with Crippen molar-refractivity contribution in [3.8, 4) is 17.3 Å². The Bertz CT molecular complexity index is 1120. The van der Waals surface area contributed by atoms with Crippen molar-refractivity contribution in [1.29, 1.82) is 0 Å². The second kappa shape index (κ2) is 8.52. The van der Waals surface area contributed by atoms with Crippen molar-refractivity contribution in [2.45, 2.75) is 65.3 Å². The van der Waals surface area contributed by atoms with Crippen LogP contribution in [0.15, 0.2) is 34.7 Å². The lowest BCUT2D eigenvalue weighted by molar-refractivity contribution is 0.0923. The Hall–Kier alpha value is -2.96. The van der Waals surface area contributed by atoms with Gasteiger partial charge in [0.25, 0.3) is 11.8 Å². The molecule has 1 unspecified atom stereocenters. The van der Waals surface area contributed by atoms with Gasteiger partial charge in [0.15, 0.2) is 0 Å². The zero-order valence-electron chi connectivity index (χ0n) is 19.0. The minimum Gasteiger partial charge on any atom is -0.420 e. The first-order valence-corrected chi connectivity index (χ1v) is 11.8. The number of hydrogen-bond acceptors (Lipinski definition) is 5. The number of nitrogens with one attached hydrogen (secondary N) is 1. The lowest BCUT2D eigenvalue weighted by Crippen LogP contribution is -2.38. The molecule has 2 heterocycles. The zero-order chi connectivity index (χ0) is 22.2. The van der Waals surface area contributed by atoms with Gasteiger partial charge in [-0.15, -0.1) is 10.2 Å². The molecule has 0 spiro atoms. The SMILES string of the molecule is Cc1nnc(-c2cc(CCC(C)C)n(-c3cccc(C(=O)NC4C[C@H]5CC[C@@H]4C5)c3)n2)o1. The summed E-state index contributed by atoms with van der Waals surface area (Å²) in [6.45, 7) is 6.19. The van der Waals surface area contributed by atoms with Crippen molar-refractivity contribution in [2.24, 2.45) is 17.8 Å². The second-order valence-electron chi connectivity index (χ2n) is 9.80. The molecular weight excluding hydrogens is 402 g/mol. The van der Waals surface area contributed by atoms with E-state index in [1.807, 2.05) is 35.0 Å². The summed E-state index contributed by atoms with van der Waals surface area (Å²) in [4.78, 5) is 13.0. The van der Waals surface area contributed by atoms with Gasteiger partial charge < -0.3 is 9.73 Å². The van der Waals surface area contributed by atoms with Crippen LogP contribution in [0.3, 0.4) is 0 Å². The van der Waals surface area contributed by atoms with Gasteiger partial charge in [0, 0.05) is 24.2 Å². The van der Waals surface area contributed by atoms with Gasteiger partial charge in [-0.05, 0) is 74.1 Å². The fourth-order valence-corrected chi connectivity index (χ4v) is 5.21. The van der Waals surface area contributed by atoms with Crippen molar-refractivity contribution in [3.05, 3.63) is 47.5 Å². The highest BCUT2D eigenvalue weighted by Gasteiger charge is 2.40. The van der Waals surface area contributed by atoms with Crippen molar-refractivity contribution in [3.63, 3.8) is 0 Å². The number of hydrogen-bond donors (Lipinski definition) is 1. The van der Waals surface area contributed by atoms with Crippen LogP contribution in [-0.2, 0) is 6.42 Å². The van der Waals surface area contributed by atoms with E-state index in [1.165, 1.54) is 19.3 Å². The van der Waals surface area contributed by atoms with E-state index in [0.717, 1.165) is 36.6 Å². The molecule has 3 aromatic rings. The highest BCUT2D eigenvalue weighted by atomic mass is 16.4. The topological polar surface area (TPSA) is 85.8 Å². The van der Waals surface area contributed by atoms with Crippen molar-refractivity contribution in [2.75, 3.05) is 0 Å². The molecule has 0 saturated heterocycles. The summed E-state index contributed by atoms with van der Waals surface area (Å²) in [5.41, 5.74) is 3.26. The summed E-state index contributed by atoms with van der Waals surface area (Å²) in [5, 5.41) is 16.1. The number of aryl methyl sites for hydroxylation is 2. The minimum absolute atomic E-state index is 0.00744. The van der Waals surface area contributed by atoms with E-state index in [0.29, 0.717) is 40.9 Å². The molecule has 32 heavy (non-hydrogen) atoms. The molecule has 1 amide bonds. The van der Waals surface area contributed by atoms with Crippen molar-refractivity contribution in [1.82, 2.24) is 25.3 Å². The second-order valence-corrected chi connectivity index (χ2v) is 9.80. The summed E-state index contributed by atoms with van der Waals surface area (Å²) < 4.78 is 7.51. The molecule has 2 aromatic heterocycles. The van der Waals surface area contributed by atoms with Crippen LogP contribution in [0.5, 0.6) is 0 Å². The molecule has 0 radical (unpaired) electrons. The first kappa shape index (κ1) is 20.9. The van der Waals surface area contributed by atoms with E-state index in [2.05, 4.69) is 29.4 Å². The van der Waals surface area contributed by atoms with E-state index in [9.17, 15) is 4.79 Å². The molecular formula is C25H31N5O2. The van der Waals surface area contributed by atoms with Crippen LogP contribution in [0.4, 0.5) is 0 Å². The Morgan fingerprint density at radius 1 is 1.22 bits per heavy atom. The van der Waals surface area contributed by atoms with Crippen molar-refractivity contribution < 1.29 is 9.21 Å². The number of carbonyl (C=O) groups excluding carboxylic acids is 1. The number of benzene rings is 1. The normalized spacial score (nSPS) is 22.1. The largest absolute Gasteiger partial charge is 0.420 e. The van der Waals surface area contributed by atoms with Crippen LogP contribution < -0.4 is 5.32 Å². The molecule has 7 nitrogen and oxygen atoms in total. The maximum Gasteiger partial charge on any atom is 0.268 e. The monoisotopic (exact) mass is 433 g/mol. The molecule has 0 aliphatic heterocycles. The summed E-state index contributed by atoms with van der Waals surface area (Å²) in [5.74, 6) is 2.96. The first-order chi connectivity index (χ1) is 15.5. The van der Waals surface area contributed by atoms with Crippen LogP contribution in [-0.4, -0.2) is 31.9 Å². The van der Waals surface area contributed by atoms with Gasteiger partial charge in [0.2, 0.25) is 5.89 Å². The van der Waals surface area contributed by atoms with Crippen molar-refractivity contribution >= 4 is 5.91 Å². The lowest BCUT2D eigenvalue weighted by atomic mass is 9.95. The maximum atomic E-state index is 13.0. The third-order valence-corrected chi connectivity index (χ3v) is 6.91. The molecule has 3 atom stereocenters. The molecule has 1 aromatic carbocycles. The number of nitrogens with zero attached hydrogens (tertiary/aromatic N) is 4. The molecule has 168 valence electrons. The summed E-state index contributed by atoms with van der Waals surface area (Å²) in [6.07, 6.45) is 6.89. The summed E-state index contributed by atoms with van der Waals surface area (Å²) in [6, 6.07) is 10.1. The maximum absolute atomic E-state index is 13.0. The predicted octanol–water partition coefficient (Wildman–Crippen LogP) is 4.74. The van der Waals surface area contributed by atoms with Gasteiger partial charge in [0.05, 0.1) is 5.69 Å². The van der Waals surface area contributed by atoms with Gasteiger partial charge in [-0.3, -0.25) is 4.79 Å². The van der Waals surface area contributed by atoms with E-state index < -0.39 is 0 Å². The first-order valence-electron chi connectivity index (χ1n) is 11.8. The molecule has 2 bridgehead atoms. The Morgan fingerprint density at radius 2 is 2.09 bits per heavy atom. The average Bonchev–Trinajstić information content (AvgIpc) is 3.56. The fourth-order valence-electron chi connectivity index (χ4n) is 5.21. The lowest BCUT2D eigenvalue weighted by Gasteiger charge is -2.23. The van der Waals surface area contributed by atoms with Gasteiger partial charge in [-0.2, -0.15) is 5.10 Å². The van der Waals surface area contributed by atoms with Crippen LogP contribution in [0.25, 0.3) is 17.3 Å². The molecule has 2 aliphatic carbocycles. The quantitative estimate of drug-likeness (QED) is 0.582. The highest BCUT2D eigenvalue weighted by molar-refractivity contribution is 5.95. The van der Waals surface area contributed by atoms with Gasteiger partial charge in [-0.25, -0.2) is 4.68 Å². The highest BCUT2D eigenvalue weighted by Crippen LogP contribution is 2.44. The Balaban J connectivity index is 1.41. The molecule has 5 rings (SSSR count). The number of fused-ring (bicyclic) bond motifs is 2. The summed E-state index contributed by atoms with van der Waals surface area (Å²) in [7, 11) is 0. The standard InChI is InChI=1S/C25H31N5O2/c1-15(2)7-10-21-14-23(25-28-27-16(3)32-25)29-30(21)20-6-4-5-19(13-20)24(31)26-22-12-17-8-9-18(22)11-17/h4-6,13-15,17-18,22H,7-12H2,1-3H3,(H,26,31)/t17-,18+,22?/m0/s1. The van der Waals surface area contributed by atoms with Gasteiger partial charge in [0.1, 0.15) is 5.69 Å². The zero-order valence-corrected chi connectivity index (χ0v) is 19.0. The van der Waals surface area contributed by atoms with E-state index >= 15 is 0 Å². The van der Waals surface area contributed by atoms with Crippen LogP contribution in [0, 0.1) is 24.7 Å². The minimum atomic E-state index is 0.00744. The number of carbonyl (C=O) groups is 1. The van der Waals surface area contributed by atoms with E-state index in [4.69, 9.17) is 9.52 Å². The van der Waals surface area contributed by atoms with E-state index in [-0.39, 0.29) is 5.91 Å². The third-order valence-electron chi connectivity index (χ3n) is 6.91. The molecule has 7 heteroatoms. The molecule has 2 aliphatic rings. The van der Waals surface area contributed by atoms with Gasteiger partial charge >= 0.3 is 0 Å². The Morgan fingerprint density at radius 3 is 2.78 bits per heavy atom. The number of amides is 1. The van der Waals surface area contributed by atoms with E-state index in [1.54, 1.807) is 6.92 Å². The van der Waals surface area contributed by atoms with Crippen LogP contribution >= 0.6 is 0 Å². The van der Waals surface area contributed by atoms with Crippen LogP contribution in [0.2, 0.25) is 0 Å². The van der Waals surface area contributed by atoms with Crippen LogP contribution in [0.1, 0.15) is 67.9 Å². The Labute approximate surface area is 188 Å². The summed E-state index contributed by atoms with van der Waals surface area (Å²) >= 11 is 0. The number of aromatic nitrogens is 4. The Kier molecular flexibility index (Phi) is 5.57. The molecule has 2 fully saturated rings. The average molecular weight is 434 g/mol. The smallest absolute Gasteiger partial charge is 0.268 e. The fraction of sp³-hybridized carbons (Fsp3) is 0.520. The molecule has 2 saturated carbocycles. The predicted molar refractivity (Wildman–Crippen MR) is 121 cm³/mol.